The highest BCUT2D eigenvalue weighted by molar-refractivity contribution is 5.45. The molecule has 0 bridgehead atoms. The maximum atomic E-state index is 5.77. The number of hydrogen-bond acceptors (Lipinski definition) is 3. The van der Waals surface area contributed by atoms with Crippen molar-refractivity contribution in [3.8, 4) is 5.69 Å². The molecule has 0 saturated carbocycles. The van der Waals surface area contributed by atoms with Crippen LogP contribution in [0.3, 0.4) is 0 Å². The molecule has 78 valence electrons. The third-order valence-electron chi connectivity index (χ3n) is 2.32. The van der Waals surface area contributed by atoms with Crippen LogP contribution in [0.15, 0.2) is 18.2 Å². The van der Waals surface area contributed by atoms with Crippen LogP contribution in [0.5, 0.6) is 0 Å². The molecule has 0 spiro atoms. The summed E-state index contributed by atoms with van der Waals surface area (Å²) < 4.78 is 1.67. The van der Waals surface area contributed by atoms with Crippen LogP contribution in [-0.2, 0) is 0 Å². The summed E-state index contributed by atoms with van der Waals surface area (Å²) in [5.74, 6) is 1.12. The van der Waals surface area contributed by atoms with Crippen molar-refractivity contribution in [3.63, 3.8) is 0 Å². The van der Waals surface area contributed by atoms with Crippen LogP contribution in [0.4, 0.5) is 5.95 Å². The number of rotatable bonds is 1. The van der Waals surface area contributed by atoms with Crippen molar-refractivity contribution in [1.29, 1.82) is 0 Å². The molecule has 0 aliphatic rings. The van der Waals surface area contributed by atoms with Gasteiger partial charge in [-0.1, -0.05) is 17.7 Å². The SMILES string of the molecule is Cc1ccc(-n2nc(C)nc2N)c(C)c1. The Morgan fingerprint density at radius 2 is 1.93 bits per heavy atom. The lowest BCUT2D eigenvalue weighted by Crippen LogP contribution is -2.04. The summed E-state index contributed by atoms with van der Waals surface area (Å²) in [5, 5.41) is 4.25. The molecule has 4 heteroatoms. The lowest BCUT2D eigenvalue weighted by atomic mass is 10.1. The van der Waals surface area contributed by atoms with E-state index in [9.17, 15) is 0 Å². The molecule has 4 nitrogen and oxygen atoms in total. The zero-order valence-corrected chi connectivity index (χ0v) is 9.15. The van der Waals surface area contributed by atoms with E-state index in [4.69, 9.17) is 5.73 Å². The van der Waals surface area contributed by atoms with E-state index < -0.39 is 0 Å². The van der Waals surface area contributed by atoms with E-state index in [1.54, 1.807) is 4.68 Å². The lowest BCUT2D eigenvalue weighted by molar-refractivity contribution is 0.864. The van der Waals surface area contributed by atoms with E-state index >= 15 is 0 Å². The molecule has 2 aromatic rings. The maximum absolute atomic E-state index is 5.77. The molecule has 0 aliphatic heterocycles. The molecule has 0 atom stereocenters. The summed E-state index contributed by atoms with van der Waals surface area (Å²) in [4.78, 5) is 4.08. The first kappa shape index (κ1) is 9.71. The van der Waals surface area contributed by atoms with Gasteiger partial charge in [0.25, 0.3) is 0 Å². The van der Waals surface area contributed by atoms with E-state index in [2.05, 4.69) is 23.1 Å². The molecule has 0 fully saturated rings. The molecular formula is C11H14N4. The largest absolute Gasteiger partial charge is 0.368 e. The standard InChI is InChI=1S/C11H14N4/c1-7-4-5-10(8(2)6-7)15-11(12)13-9(3)14-15/h4-6H,1-3H3,(H2,12,13,14). The summed E-state index contributed by atoms with van der Waals surface area (Å²) in [7, 11) is 0. The van der Waals surface area contributed by atoms with Crippen LogP contribution in [0.1, 0.15) is 17.0 Å². The fraction of sp³-hybridized carbons (Fsp3) is 0.273. The summed E-state index contributed by atoms with van der Waals surface area (Å²) in [6.07, 6.45) is 0. The Hall–Kier alpha value is -1.84. The number of benzene rings is 1. The molecule has 0 unspecified atom stereocenters. The van der Waals surface area contributed by atoms with Crippen LogP contribution >= 0.6 is 0 Å². The van der Waals surface area contributed by atoms with Crippen molar-refractivity contribution in [2.24, 2.45) is 0 Å². The molecule has 0 radical (unpaired) electrons. The second-order valence-electron chi connectivity index (χ2n) is 3.72. The van der Waals surface area contributed by atoms with Gasteiger partial charge in [0, 0.05) is 0 Å². The number of hydrogen-bond donors (Lipinski definition) is 1. The Bertz CT molecular complexity index is 499. The van der Waals surface area contributed by atoms with Crippen molar-refractivity contribution in [2.75, 3.05) is 5.73 Å². The molecule has 0 amide bonds. The zero-order valence-electron chi connectivity index (χ0n) is 9.15. The number of aromatic nitrogens is 3. The van der Waals surface area contributed by atoms with Gasteiger partial charge in [-0.05, 0) is 32.4 Å². The summed E-state index contributed by atoms with van der Waals surface area (Å²) in [6.45, 7) is 5.93. The molecule has 1 heterocycles. The summed E-state index contributed by atoms with van der Waals surface area (Å²) in [5.41, 5.74) is 9.13. The minimum atomic E-state index is 0.430. The third kappa shape index (κ3) is 1.70. The van der Waals surface area contributed by atoms with Gasteiger partial charge in [0.1, 0.15) is 5.82 Å². The van der Waals surface area contributed by atoms with E-state index in [1.165, 1.54) is 5.56 Å². The van der Waals surface area contributed by atoms with Crippen molar-refractivity contribution < 1.29 is 0 Å². The number of nitrogen functional groups attached to an aromatic ring is 1. The highest BCUT2D eigenvalue weighted by Gasteiger charge is 2.07. The Kier molecular flexibility index (Phi) is 2.19. The van der Waals surface area contributed by atoms with Crippen LogP contribution in [0, 0.1) is 20.8 Å². The third-order valence-corrected chi connectivity index (χ3v) is 2.32. The first-order chi connectivity index (χ1) is 7.08. The van der Waals surface area contributed by atoms with Gasteiger partial charge in [-0.25, -0.2) is 0 Å². The van der Waals surface area contributed by atoms with Gasteiger partial charge < -0.3 is 5.73 Å². The highest BCUT2D eigenvalue weighted by Crippen LogP contribution is 2.17. The molecule has 1 aromatic carbocycles. The van der Waals surface area contributed by atoms with Gasteiger partial charge >= 0.3 is 0 Å². The average molecular weight is 202 g/mol. The Balaban J connectivity index is 2.59. The second kappa shape index (κ2) is 3.38. The summed E-state index contributed by atoms with van der Waals surface area (Å²) >= 11 is 0. The number of anilines is 1. The Morgan fingerprint density at radius 3 is 2.47 bits per heavy atom. The number of aryl methyl sites for hydroxylation is 3. The predicted octanol–water partition coefficient (Wildman–Crippen LogP) is 1.77. The smallest absolute Gasteiger partial charge is 0.223 e. The fourth-order valence-electron chi connectivity index (χ4n) is 1.65. The quantitative estimate of drug-likeness (QED) is 0.766. The second-order valence-corrected chi connectivity index (χ2v) is 3.72. The Morgan fingerprint density at radius 1 is 1.20 bits per heavy atom. The van der Waals surface area contributed by atoms with Gasteiger partial charge in [0.15, 0.2) is 0 Å². The molecule has 15 heavy (non-hydrogen) atoms. The van der Waals surface area contributed by atoms with Crippen LogP contribution < -0.4 is 5.73 Å². The highest BCUT2D eigenvalue weighted by atomic mass is 15.4. The van der Waals surface area contributed by atoms with Crippen molar-refractivity contribution >= 4 is 5.95 Å². The van der Waals surface area contributed by atoms with Crippen LogP contribution in [0.25, 0.3) is 5.69 Å². The molecule has 2 rings (SSSR count). The lowest BCUT2D eigenvalue weighted by Gasteiger charge is -2.07. The maximum Gasteiger partial charge on any atom is 0.223 e. The number of nitrogens with zero attached hydrogens (tertiary/aromatic N) is 3. The van der Waals surface area contributed by atoms with Crippen molar-refractivity contribution in [2.45, 2.75) is 20.8 Å². The molecular weight excluding hydrogens is 188 g/mol. The van der Waals surface area contributed by atoms with Crippen molar-refractivity contribution in [1.82, 2.24) is 14.8 Å². The van der Waals surface area contributed by atoms with Gasteiger partial charge in [0.05, 0.1) is 5.69 Å². The first-order valence-electron chi connectivity index (χ1n) is 4.84. The Labute approximate surface area is 88.8 Å². The molecule has 1 aromatic heterocycles. The molecule has 2 N–H and O–H groups in total. The minimum absolute atomic E-state index is 0.430. The van der Waals surface area contributed by atoms with Crippen molar-refractivity contribution in [3.05, 3.63) is 35.2 Å². The van der Waals surface area contributed by atoms with Crippen LogP contribution in [-0.4, -0.2) is 14.8 Å². The van der Waals surface area contributed by atoms with Gasteiger partial charge in [-0.3, -0.25) is 0 Å². The van der Waals surface area contributed by atoms with Gasteiger partial charge in [-0.2, -0.15) is 9.67 Å². The minimum Gasteiger partial charge on any atom is -0.368 e. The van der Waals surface area contributed by atoms with E-state index in [0.717, 1.165) is 11.3 Å². The van der Waals surface area contributed by atoms with E-state index in [1.807, 2.05) is 26.0 Å². The average Bonchev–Trinajstić information content (AvgIpc) is 2.45. The van der Waals surface area contributed by atoms with E-state index in [0.29, 0.717) is 11.8 Å². The van der Waals surface area contributed by atoms with Crippen LogP contribution in [0.2, 0.25) is 0 Å². The normalized spacial score (nSPS) is 10.6. The van der Waals surface area contributed by atoms with Gasteiger partial charge in [-0.15, -0.1) is 5.10 Å². The monoisotopic (exact) mass is 202 g/mol. The predicted molar refractivity (Wildman–Crippen MR) is 60.0 cm³/mol. The zero-order chi connectivity index (χ0) is 11.0. The fourth-order valence-corrected chi connectivity index (χ4v) is 1.65. The summed E-state index contributed by atoms with van der Waals surface area (Å²) in [6, 6.07) is 6.15. The van der Waals surface area contributed by atoms with E-state index in [-0.39, 0.29) is 0 Å². The topological polar surface area (TPSA) is 56.7 Å². The first-order valence-corrected chi connectivity index (χ1v) is 4.84. The van der Waals surface area contributed by atoms with Gasteiger partial charge in [0.2, 0.25) is 5.95 Å². The molecule has 0 aliphatic carbocycles. The number of nitrogens with two attached hydrogens (primary N) is 1. The molecule has 0 saturated heterocycles.